The van der Waals surface area contributed by atoms with E-state index in [1.54, 1.807) is 4.52 Å². The van der Waals surface area contributed by atoms with Gasteiger partial charge >= 0.3 is 7.12 Å². The van der Waals surface area contributed by atoms with Crippen LogP contribution in [0.2, 0.25) is 0 Å². The van der Waals surface area contributed by atoms with Crippen LogP contribution >= 0.6 is 31.9 Å². The lowest BCUT2D eigenvalue weighted by Gasteiger charge is -2.32. The van der Waals surface area contributed by atoms with Crippen molar-refractivity contribution in [3.8, 4) is 0 Å². The quantitative estimate of drug-likeness (QED) is 0.0993. The lowest BCUT2D eigenvalue weighted by atomic mass is 9.75. The molecule has 3 saturated heterocycles. The maximum Gasteiger partial charge on any atom is 0.490 e. The van der Waals surface area contributed by atoms with E-state index in [0.717, 1.165) is 128 Å². The molecule has 5 aliphatic heterocycles. The number of nitrogens with one attached hydrogen (secondary N) is 4. The fourth-order valence-corrected chi connectivity index (χ4v) is 10.7. The predicted octanol–water partition coefficient (Wildman–Crippen LogP) is 5.62. The second-order valence-electron chi connectivity index (χ2n) is 19.8. The highest BCUT2D eigenvalue weighted by Gasteiger charge is 2.52. The molecule has 13 rings (SSSR count). The Bertz CT molecular complexity index is 3270. The number of rotatable bonds is 4. The van der Waals surface area contributed by atoms with Gasteiger partial charge < -0.3 is 53.5 Å². The molecule has 396 valence electrons. The van der Waals surface area contributed by atoms with Crippen LogP contribution in [0.3, 0.4) is 0 Å². The van der Waals surface area contributed by atoms with E-state index in [1.807, 2.05) is 37.8 Å². The van der Waals surface area contributed by atoms with Crippen LogP contribution in [0, 0.1) is 0 Å². The number of nitrogens with two attached hydrogens (primary N) is 4. The molecule has 3 fully saturated rings. The van der Waals surface area contributed by atoms with Crippen molar-refractivity contribution in [2.24, 2.45) is 0 Å². The molecule has 8 aromatic heterocycles. The van der Waals surface area contributed by atoms with Crippen molar-refractivity contribution in [2.75, 3.05) is 75.3 Å². The summed E-state index contributed by atoms with van der Waals surface area (Å²) in [7, 11) is -0.142. The normalized spacial score (nSPS) is 18.7. The molecule has 75 heavy (non-hydrogen) atoms. The van der Waals surface area contributed by atoms with Gasteiger partial charge in [0.25, 0.3) is 0 Å². The van der Waals surface area contributed by atoms with E-state index in [1.165, 1.54) is 47.7 Å². The Morgan fingerprint density at radius 3 is 1.61 bits per heavy atom. The van der Waals surface area contributed by atoms with Gasteiger partial charge in [-0.2, -0.15) is 20.4 Å². The molecule has 0 aliphatic carbocycles. The van der Waals surface area contributed by atoms with Crippen molar-refractivity contribution >= 4 is 89.9 Å². The number of nitrogen functional groups attached to an aromatic ring is 4. The summed E-state index contributed by atoms with van der Waals surface area (Å²) in [4.78, 5) is 15.9. The van der Waals surface area contributed by atoms with Gasteiger partial charge in [0.15, 0.2) is 23.3 Å². The molecular formula is C50H67BBr2N20O2. The minimum absolute atomic E-state index is 0.142. The van der Waals surface area contributed by atoms with Gasteiger partial charge in [0, 0.05) is 40.8 Å². The maximum absolute atomic E-state index is 5.99. The number of hydrogen-bond donors (Lipinski definition) is 8. The van der Waals surface area contributed by atoms with Crippen LogP contribution in [-0.4, -0.2) is 129 Å². The van der Waals surface area contributed by atoms with Crippen LogP contribution in [0.4, 0.5) is 23.3 Å². The van der Waals surface area contributed by atoms with E-state index in [4.69, 9.17) is 32.2 Å². The summed E-state index contributed by atoms with van der Waals surface area (Å²) in [6, 6.07) is 14.0. The summed E-state index contributed by atoms with van der Waals surface area (Å²) in [5.41, 5.74) is 32.3. The molecule has 0 radical (unpaired) electrons. The number of piperidine rings is 2. The zero-order chi connectivity index (χ0) is 52.7. The summed E-state index contributed by atoms with van der Waals surface area (Å²) in [6.07, 6.45) is 17.0. The van der Waals surface area contributed by atoms with Gasteiger partial charge in [-0.3, -0.25) is 0 Å². The molecular weight excluding hydrogens is 1080 g/mol. The number of halogens is 2. The molecule has 0 spiro atoms. The summed E-state index contributed by atoms with van der Waals surface area (Å²) in [5.74, 6) is 3.21. The zero-order valence-electron chi connectivity index (χ0n) is 42.9. The highest BCUT2D eigenvalue weighted by atomic mass is 79.9. The van der Waals surface area contributed by atoms with Crippen molar-refractivity contribution in [1.82, 2.24) is 79.7 Å². The molecule has 13 heterocycles. The van der Waals surface area contributed by atoms with Gasteiger partial charge in [-0.05, 0) is 191 Å². The summed E-state index contributed by atoms with van der Waals surface area (Å²) in [5, 5.41) is 30.1. The van der Waals surface area contributed by atoms with E-state index in [-0.39, 0.29) is 18.3 Å². The Morgan fingerprint density at radius 1 is 0.547 bits per heavy atom. The standard InChI is InChI=1S/C11H20BNO2.C11H14BrN5.C11H15N5.C11H13N5.C6H5BrN4/c1-10(2)11(3,4)15-12(14-10)9-5-7-13-8-6-9;12-8-5-9(7-1-3-14-4-2-7)17-10(8)11(13)15-6-16-17;2*12-11-10-2-1-9(16(10)15-7-14-11)8-3-5-13-6-4-8;7-5-2-1-4-6(8)9-3-10-11(4)5/h5,13H,6-8H2,1-4H3;5-7,14H,1-4H2,(H2,13,15,16);1-2,7-8,13H,3-6H2,(H2,12,14,15);1-3,7,13H,4-6H2,(H2,12,14,15);1-3H,(H2,8,9,10). The molecule has 8 aromatic rings. The van der Waals surface area contributed by atoms with E-state index in [9.17, 15) is 0 Å². The molecule has 22 nitrogen and oxygen atoms in total. The van der Waals surface area contributed by atoms with Gasteiger partial charge in [0.05, 0.1) is 16.9 Å². The maximum atomic E-state index is 5.99. The highest BCUT2D eigenvalue weighted by molar-refractivity contribution is 9.10. The van der Waals surface area contributed by atoms with E-state index >= 15 is 0 Å². The number of hydrogen-bond acceptors (Lipinski definition) is 18. The fraction of sp³-hybridized carbons (Fsp3) is 0.440. The molecule has 5 aliphatic rings. The summed E-state index contributed by atoms with van der Waals surface area (Å²) in [6.45, 7) is 16.5. The minimum atomic E-state index is -0.219. The first kappa shape index (κ1) is 53.8. The number of fused-ring (bicyclic) bond motifs is 4. The molecule has 25 heteroatoms. The average Bonchev–Trinajstić information content (AvgIpc) is 4.28. The lowest BCUT2D eigenvalue weighted by Crippen LogP contribution is -2.41. The first-order valence-electron chi connectivity index (χ1n) is 25.4. The molecule has 0 bridgehead atoms. The van der Waals surface area contributed by atoms with Crippen LogP contribution < -0.4 is 44.2 Å². The Kier molecular flexibility index (Phi) is 17.1. The van der Waals surface area contributed by atoms with E-state index < -0.39 is 0 Å². The highest BCUT2D eigenvalue weighted by Crippen LogP contribution is 2.39. The topological polar surface area (TPSA) is 291 Å². The fourth-order valence-electron chi connectivity index (χ4n) is 9.67. The third kappa shape index (κ3) is 12.2. The van der Waals surface area contributed by atoms with Crippen molar-refractivity contribution in [3.63, 3.8) is 0 Å². The lowest BCUT2D eigenvalue weighted by molar-refractivity contribution is 0.00578. The van der Waals surface area contributed by atoms with Gasteiger partial charge in [-0.15, -0.1) is 0 Å². The second-order valence-corrected chi connectivity index (χ2v) is 21.5. The van der Waals surface area contributed by atoms with Crippen LogP contribution in [0.25, 0.3) is 27.6 Å². The van der Waals surface area contributed by atoms with Crippen molar-refractivity contribution in [1.29, 1.82) is 0 Å². The molecule has 0 saturated carbocycles. The Hall–Kier alpha value is -6.06. The largest absolute Gasteiger partial charge is 0.490 e. The van der Waals surface area contributed by atoms with Gasteiger partial charge in [0.1, 0.15) is 52.0 Å². The van der Waals surface area contributed by atoms with Crippen LogP contribution in [-0.2, 0) is 9.31 Å². The van der Waals surface area contributed by atoms with E-state index in [2.05, 4.69) is 152 Å². The number of anilines is 4. The van der Waals surface area contributed by atoms with Crippen LogP contribution in [0.5, 0.6) is 0 Å². The van der Waals surface area contributed by atoms with Crippen molar-refractivity contribution < 1.29 is 9.31 Å². The first-order chi connectivity index (χ1) is 36.2. The second kappa shape index (κ2) is 23.9. The minimum Gasteiger partial charge on any atom is -0.400 e. The van der Waals surface area contributed by atoms with E-state index in [0.29, 0.717) is 35.1 Å². The van der Waals surface area contributed by atoms with Crippen molar-refractivity contribution in [3.05, 3.63) is 112 Å². The molecule has 0 amide bonds. The molecule has 12 N–H and O–H groups in total. The SMILES string of the molecule is CC1(C)OB(C2=CCNCC2)OC1(C)C.Nc1ncnn2c(Br)ccc12.Nc1ncnn2c(C3=CCNCC3)ccc12.Nc1ncnn2c(C3CCNCC3)cc(Br)c12.Nc1ncnn2c(C3CCNCC3)ccc12. The van der Waals surface area contributed by atoms with Gasteiger partial charge in [-0.25, -0.2) is 38.0 Å². The van der Waals surface area contributed by atoms with Crippen LogP contribution in [0.1, 0.15) is 95.1 Å². The Balaban J connectivity index is 0.000000116. The van der Waals surface area contributed by atoms with Gasteiger partial charge in [-0.1, -0.05) is 12.2 Å². The summed E-state index contributed by atoms with van der Waals surface area (Å²) < 4.78 is 21.2. The summed E-state index contributed by atoms with van der Waals surface area (Å²) >= 11 is 6.86. The Labute approximate surface area is 452 Å². The van der Waals surface area contributed by atoms with Gasteiger partial charge in [0.2, 0.25) is 0 Å². The number of aromatic nitrogens is 12. The predicted molar refractivity (Wildman–Crippen MR) is 302 cm³/mol. The Morgan fingerprint density at radius 2 is 1.04 bits per heavy atom. The average molecular weight is 1150 g/mol. The van der Waals surface area contributed by atoms with Crippen molar-refractivity contribution in [2.45, 2.75) is 89.3 Å². The third-order valence-corrected chi connectivity index (χ3v) is 15.8. The molecule has 0 aromatic carbocycles. The zero-order valence-corrected chi connectivity index (χ0v) is 46.1. The monoisotopic (exact) mass is 1150 g/mol. The molecule has 0 atom stereocenters. The smallest absolute Gasteiger partial charge is 0.400 e. The third-order valence-electron chi connectivity index (χ3n) is 14.6. The van der Waals surface area contributed by atoms with Crippen LogP contribution in [0.15, 0.2) is 94.5 Å². The first-order valence-corrected chi connectivity index (χ1v) is 27.0. The number of nitrogens with zero attached hydrogens (tertiary/aromatic N) is 12. The molecule has 0 unspecified atom stereocenters.